The molecule has 15 heteroatoms. The van der Waals surface area contributed by atoms with Crippen LogP contribution in [-0.2, 0) is 18.6 Å². The average molecular weight is 389 g/mol. The Balaban J connectivity index is 0.000000970. The maximum Gasteiger partial charge on any atom is 0.469 e. The fourth-order valence-electron chi connectivity index (χ4n) is 1.88. The van der Waals surface area contributed by atoms with E-state index in [1.165, 1.54) is 0 Å². The van der Waals surface area contributed by atoms with Crippen LogP contribution in [-0.4, -0.2) is 60.8 Å². The quantitative estimate of drug-likeness (QED) is 0.298. The minimum Gasteiger partial charge on any atom is -0.483 e. The van der Waals surface area contributed by atoms with Gasteiger partial charge in [-0.3, -0.25) is 13.9 Å². The molecule has 0 radical (unpaired) electrons. The number of halogens is 2. The summed E-state index contributed by atoms with van der Waals surface area (Å²) in [5.74, 6) is -4.10. The van der Waals surface area contributed by atoms with Gasteiger partial charge in [-0.15, -0.1) is 0 Å². The van der Waals surface area contributed by atoms with Gasteiger partial charge in [0.25, 0.3) is 6.47 Å². The highest BCUT2D eigenvalue weighted by atomic mass is 31.2. The van der Waals surface area contributed by atoms with Gasteiger partial charge in [-0.25, -0.2) is 9.36 Å². The summed E-state index contributed by atoms with van der Waals surface area (Å²) in [7, 11) is -4.93. The molecule has 0 spiro atoms. The second kappa shape index (κ2) is 7.95. The van der Waals surface area contributed by atoms with Crippen LogP contribution in [0.4, 0.5) is 14.6 Å². The molecule has 0 saturated carbocycles. The number of ether oxygens (including phenoxy) is 1. The van der Waals surface area contributed by atoms with Crippen molar-refractivity contribution in [2.24, 2.45) is 0 Å². The summed E-state index contributed by atoms with van der Waals surface area (Å²) < 4.78 is 47.8. The van der Waals surface area contributed by atoms with Gasteiger partial charge >= 0.3 is 19.4 Å². The van der Waals surface area contributed by atoms with Crippen LogP contribution in [0.3, 0.4) is 0 Å². The fraction of sp³-hybridized carbons (Fsp3) is 0.500. The number of nitrogens with two attached hydrogens (primary N) is 1. The summed E-state index contributed by atoms with van der Waals surface area (Å²) in [5.41, 5.74) is 4.10. The number of nitrogen functional groups attached to an aromatic ring is 1. The van der Waals surface area contributed by atoms with E-state index in [2.05, 4.69) is 9.51 Å². The lowest BCUT2D eigenvalue weighted by molar-refractivity contribution is -0.140. The van der Waals surface area contributed by atoms with E-state index >= 15 is 0 Å². The van der Waals surface area contributed by atoms with Gasteiger partial charge in [0.2, 0.25) is 6.23 Å². The van der Waals surface area contributed by atoms with Crippen molar-refractivity contribution in [3.05, 3.63) is 22.7 Å². The van der Waals surface area contributed by atoms with Crippen LogP contribution >= 0.6 is 7.82 Å². The molecule has 2 rings (SSSR count). The number of nitrogens with zero attached hydrogens (tertiary/aromatic N) is 2. The van der Waals surface area contributed by atoms with Crippen LogP contribution in [0.25, 0.3) is 0 Å². The van der Waals surface area contributed by atoms with E-state index < -0.39 is 44.5 Å². The number of hydrogen-bond acceptors (Lipinski definition) is 8. The van der Waals surface area contributed by atoms with E-state index in [1.54, 1.807) is 0 Å². The molecule has 1 aliphatic rings. The lowest BCUT2D eigenvalue weighted by Gasteiger charge is -2.20. The zero-order chi connectivity index (χ0) is 19.4. The number of aliphatic hydroxyl groups is 1. The number of alkyl halides is 2. The van der Waals surface area contributed by atoms with E-state index in [9.17, 15) is 23.2 Å². The number of aromatic nitrogens is 2. The van der Waals surface area contributed by atoms with Gasteiger partial charge in [-0.05, 0) is 6.07 Å². The molecule has 6 N–H and O–H groups in total. The van der Waals surface area contributed by atoms with Crippen LogP contribution < -0.4 is 11.4 Å². The molecule has 12 nitrogen and oxygen atoms in total. The van der Waals surface area contributed by atoms with Gasteiger partial charge in [0.05, 0.1) is 6.61 Å². The molecule has 0 bridgehead atoms. The molecular formula is C10H14F2N3O9P. The summed E-state index contributed by atoms with van der Waals surface area (Å²) in [6, 6.07) is 1.08. The van der Waals surface area contributed by atoms with Crippen LogP contribution in [0, 0.1) is 0 Å². The van der Waals surface area contributed by atoms with Gasteiger partial charge in [-0.2, -0.15) is 13.8 Å². The topological polar surface area (TPSA) is 194 Å². The number of carboxylic acid groups (broad SMARTS) is 1. The molecule has 1 fully saturated rings. The van der Waals surface area contributed by atoms with Gasteiger partial charge < -0.3 is 30.5 Å². The molecule has 0 aromatic carbocycles. The molecule has 1 saturated heterocycles. The Hall–Kier alpha value is -1.96. The third-order valence-electron chi connectivity index (χ3n) is 2.89. The van der Waals surface area contributed by atoms with Gasteiger partial charge in [0, 0.05) is 6.20 Å². The zero-order valence-corrected chi connectivity index (χ0v) is 13.1. The van der Waals surface area contributed by atoms with Crippen molar-refractivity contribution in [2.45, 2.75) is 24.4 Å². The summed E-state index contributed by atoms with van der Waals surface area (Å²) in [4.78, 5) is 40.3. The first-order chi connectivity index (χ1) is 11.4. The monoisotopic (exact) mass is 389 g/mol. The third-order valence-corrected chi connectivity index (χ3v) is 3.38. The standard InChI is InChI=1S/C9H12F2N3O7P.CH2O2/c10-9(11)6(15)4(3-20-22(17,18)19)21-7(9)14-2-1-5(12)13-8(14)16;2-1-3/h1-2,4,6-7,15H,3H2,(H2,12,13,16)(H2,17,18,19);1H,(H,2,3). The van der Waals surface area contributed by atoms with Crippen molar-refractivity contribution in [3.63, 3.8) is 0 Å². The van der Waals surface area contributed by atoms with Gasteiger partial charge in [-0.1, -0.05) is 0 Å². The van der Waals surface area contributed by atoms with E-state index in [0.717, 1.165) is 12.3 Å². The first-order valence-electron chi connectivity index (χ1n) is 6.28. The first kappa shape index (κ1) is 21.1. The van der Waals surface area contributed by atoms with Crippen LogP contribution in [0.5, 0.6) is 0 Å². The molecule has 0 aliphatic carbocycles. The van der Waals surface area contributed by atoms with Crippen molar-refractivity contribution in [1.29, 1.82) is 0 Å². The Morgan fingerprint density at radius 1 is 1.52 bits per heavy atom. The lowest BCUT2D eigenvalue weighted by Crippen LogP contribution is -2.41. The summed E-state index contributed by atoms with van der Waals surface area (Å²) in [6.07, 6.45) is -5.50. The van der Waals surface area contributed by atoms with Crippen LogP contribution in [0.15, 0.2) is 17.1 Å². The molecule has 1 aromatic heterocycles. The van der Waals surface area contributed by atoms with Crippen molar-refractivity contribution in [3.8, 4) is 0 Å². The summed E-state index contributed by atoms with van der Waals surface area (Å²) in [5, 5.41) is 16.4. The average Bonchev–Trinajstić information content (AvgIpc) is 2.69. The van der Waals surface area contributed by atoms with Crippen molar-refractivity contribution < 1.29 is 47.4 Å². The molecule has 3 unspecified atom stereocenters. The smallest absolute Gasteiger partial charge is 0.469 e. The molecule has 3 atom stereocenters. The molecule has 1 aliphatic heterocycles. The van der Waals surface area contributed by atoms with Crippen molar-refractivity contribution >= 4 is 20.1 Å². The van der Waals surface area contributed by atoms with E-state index in [-0.39, 0.29) is 12.3 Å². The van der Waals surface area contributed by atoms with Gasteiger partial charge in [0.15, 0.2) is 6.10 Å². The van der Waals surface area contributed by atoms with E-state index in [0.29, 0.717) is 4.57 Å². The van der Waals surface area contributed by atoms with Crippen molar-refractivity contribution in [2.75, 3.05) is 12.3 Å². The Bertz CT molecular complexity index is 709. The Labute approximate surface area is 137 Å². The Kier molecular flexibility index (Phi) is 6.70. The zero-order valence-electron chi connectivity index (χ0n) is 12.2. The highest BCUT2D eigenvalue weighted by molar-refractivity contribution is 7.46. The largest absolute Gasteiger partial charge is 0.483 e. The predicted molar refractivity (Wildman–Crippen MR) is 74.5 cm³/mol. The van der Waals surface area contributed by atoms with E-state index in [4.69, 9.17) is 30.2 Å². The number of rotatable bonds is 4. The number of phosphoric ester groups is 1. The van der Waals surface area contributed by atoms with Crippen LogP contribution in [0.1, 0.15) is 6.23 Å². The molecule has 25 heavy (non-hydrogen) atoms. The Morgan fingerprint density at radius 3 is 2.56 bits per heavy atom. The number of aliphatic hydroxyl groups excluding tert-OH is 1. The molecule has 2 heterocycles. The minimum absolute atomic E-state index is 0.190. The second-order valence-electron chi connectivity index (χ2n) is 4.58. The predicted octanol–water partition coefficient (Wildman–Crippen LogP) is -1.47. The molecule has 0 amide bonds. The molecule has 142 valence electrons. The fourth-order valence-corrected chi connectivity index (χ4v) is 2.22. The number of phosphoric acid groups is 1. The van der Waals surface area contributed by atoms with Gasteiger partial charge in [0.1, 0.15) is 11.9 Å². The number of anilines is 1. The van der Waals surface area contributed by atoms with E-state index in [1.807, 2.05) is 0 Å². The highest BCUT2D eigenvalue weighted by Gasteiger charge is 2.60. The maximum atomic E-state index is 14.0. The first-order valence-corrected chi connectivity index (χ1v) is 7.81. The molecule has 1 aromatic rings. The maximum absolute atomic E-state index is 14.0. The highest BCUT2D eigenvalue weighted by Crippen LogP contribution is 2.44. The Morgan fingerprint density at radius 2 is 2.08 bits per heavy atom. The number of hydrogen-bond donors (Lipinski definition) is 5. The number of carbonyl (C=O) groups is 1. The normalized spacial score (nSPS) is 25.1. The third kappa shape index (κ3) is 5.26. The lowest BCUT2D eigenvalue weighted by atomic mass is 10.1. The van der Waals surface area contributed by atoms with Crippen LogP contribution in [0.2, 0.25) is 0 Å². The summed E-state index contributed by atoms with van der Waals surface area (Å²) in [6.45, 7) is -1.24. The van der Waals surface area contributed by atoms with Crippen molar-refractivity contribution in [1.82, 2.24) is 9.55 Å². The summed E-state index contributed by atoms with van der Waals surface area (Å²) >= 11 is 0. The minimum atomic E-state index is -4.93. The molecular weight excluding hydrogens is 375 g/mol. The SMILES string of the molecule is Nc1ccn(C2OC(COP(=O)(O)O)C(O)C2(F)F)c(=O)n1.O=CO. The second-order valence-corrected chi connectivity index (χ2v) is 5.82.